The van der Waals surface area contributed by atoms with Gasteiger partial charge in [-0.05, 0) is 43.1 Å². The molecule has 132 valence electrons. The molecule has 1 aliphatic carbocycles. The molecule has 0 bridgehead atoms. The summed E-state index contributed by atoms with van der Waals surface area (Å²) in [5.74, 6) is 0.918. The number of methoxy groups -OCH3 is 1. The van der Waals surface area contributed by atoms with Crippen molar-refractivity contribution in [3.8, 4) is 5.75 Å². The van der Waals surface area contributed by atoms with Crippen LogP contribution >= 0.6 is 0 Å². The van der Waals surface area contributed by atoms with Crippen LogP contribution in [0.5, 0.6) is 5.75 Å². The van der Waals surface area contributed by atoms with Crippen molar-refractivity contribution >= 4 is 5.91 Å². The molecular weight excluding hydrogens is 312 g/mol. The van der Waals surface area contributed by atoms with Gasteiger partial charge in [-0.1, -0.05) is 42.5 Å². The Morgan fingerprint density at radius 2 is 1.92 bits per heavy atom. The van der Waals surface area contributed by atoms with E-state index in [9.17, 15) is 4.79 Å². The Morgan fingerprint density at radius 3 is 2.60 bits per heavy atom. The van der Waals surface area contributed by atoms with Crippen molar-refractivity contribution in [2.45, 2.75) is 24.8 Å². The third-order valence-corrected chi connectivity index (χ3v) is 4.86. The van der Waals surface area contributed by atoms with E-state index >= 15 is 0 Å². The molecule has 0 unspecified atom stereocenters. The minimum absolute atomic E-state index is 0.0765. The van der Waals surface area contributed by atoms with Crippen LogP contribution in [-0.4, -0.2) is 38.1 Å². The molecule has 2 aromatic carbocycles. The summed E-state index contributed by atoms with van der Waals surface area (Å²) in [6.45, 7) is 1.83. The lowest BCUT2D eigenvalue weighted by molar-refractivity contribution is -0.122. The second-order valence-electron chi connectivity index (χ2n) is 6.95. The van der Waals surface area contributed by atoms with Crippen LogP contribution in [0.2, 0.25) is 0 Å². The van der Waals surface area contributed by atoms with Crippen LogP contribution in [0.1, 0.15) is 24.0 Å². The van der Waals surface area contributed by atoms with E-state index in [1.165, 1.54) is 5.56 Å². The number of hydrogen-bond donors (Lipinski definition) is 1. The van der Waals surface area contributed by atoms with Crippen molar-refractivity contribution in [1.82, 2.24) is 10.2 Å². The molecule has 1 saturated carbocycles. The molecule has 2 aromatic rings. The zero-order chi connectivity index (χ0) is 17.7. The molecular formula is C21H26N2O2. The third-order valence-electron chi connectivity index (χ3n) is 4.86. The second-order valence-corrected chi connectivity index (χ2v) is 6.95. The lowest BCUT2D eigenvalue weighted by Gasteiger charge is -2.20. The summed E-state index contributed by atoms with van der Waals surface area (Å²) >= 11 is 0. The van der Waals surface area contributed by atoms with E-state index in [0.717, 1.165) is 30.7 Å². The van der Waals surface area contributed by atoms with Gasteiger partial charge in [0.15, 0.2) is 0 Å². The zero-order valence-corrected chi connectivity index (χ0v) is 15.0. The van der Waals surface area contributed by atoms with Gasteiger partial charge in [0.1, 0.15) is 5.75 Å². The highest BCUT2D eigenvalue weighted by Gasteiger charge is 2.44. The average molecular weight is 338 g/mol. The van der Waals surface area contributed by atoms with Gasteiger partial charge in [-0.25, -0.2) is 0 Å². The van der Waals surface area contributed by atoms with Gasteiger partial charge >= 0.3 is 0 Å². The van der Waals surface area contributed by atoms with Crippen LogP contribution < -0.4 is 10.1 Å². The van der Waals surface area contributed by atoms with Crippen LogP contribution in [0.15, 0.2) is 54.6 Å². The smallest absolute Gasteiger partial charge is 0.234 e. The quantitative estimate of drug-likeness (QED) is 0.804. The highest BCUT2D eigenvalue weighted by atomic mass is 16.5. The summed E-state index contributed by atoms with van der Waals surface area (Å²) in [5.41, 5.74) is 2.63. The van der Waals surface area contributed by atoms with Crippen molar-refractivity contribution in [2.24, 2.45) is 0 Å². The van der Waals surface area contributed by atoms with Crippen LogP contribution in [0, 0.1) is 0 Å². The summed E-state index contributed by atoms with van der Waals surface area (Å²) in [4.78, 5) is 14.3. The maximum Gasteiger partial charge on any atom is 0.234 e. The molecule has 1 amide bonds. The maximum absolute atomic E-state index is 12.3. The normalized spacial score (nSPS) is 15.0. The van der Waals surface area contributed by atoms with E-state index in [2.05, 4.69) is 29.6 Å². The van der Waals surface area contributed by atoms with Crippen LogP contribution in [-0.2, 0) is 16.8 Å². The Labute approximate surface area is 149 Å². The molecule has 0 aliphatic heterocycles. The van der Waals surface area contributed by atoms with Crippen LogP contribution in [0.25, 0.3) is 0 Å². The van der Waals surface area contributed by atoms with Gasteiger partial charge in [-0.15, -0.1) is 0 Å². The Kier molecular flexibility index (Phi) is 5.39. The number of carbonyl (C=O) groups excluding carboxylic acids is 1. The number of nitrogens with one attached hydrogen (secondary N) is 1. The van der Waals surface area contributed by atoms with E-state index in [-0.39, 0.29) is 11.3 Å². The van der Waals surface area contributed by atoms with E-state index in [1.54, 1.807) is 7.11 Å². The monoisotopic (exact) mass is 338 g/mol. The molecule has 25 heavy (non-hydrogen) atoms. The van der Waals surface area contributed by atoms with Gasteiger partial charge in [0.2, 0.25) is 5.91 Å². The SMILES string of the molecule is COc1cccc(CN(C)CC(=O)NCC2(c3ccccc3)CC2)c1. The highest BCUT2D eigenvalue weighted by Crippen LogP contribution is 2.47. The van der Waals surface area contributed by atoms with E-state index in [4.69, 9.17) is 4.74 Å². The molecule has 1 N–H and O–H groups in total. The first-order chi connectivity index (χ1) is 12.1. The van der Waals surface area contributed by atoms with Crippen molar-refractivity contribution < 1.29 is 9.53 Å². The van der Waals surface area contributed by atoms with Crippen molar-refractivity contribution in [2.75, 3.05) is 27.2 Å². The summed E-state index contributed by atoms with van der Waals surface area (Å²) in [5, 5.41) is 3.12. The van der Waals surface area contributed by atoms with Gasteiger partial charge in [-0.2, -0.15) is 0 Å². The van der Waals surface area contributed by atoms with Gasteiger partial charge in [0, 0.05) is 18.5 Å². The number of amides is 1. The van der Waals surface area contributed by atoms with Gasteiger partial charge in [-0.3, -0.25) is 9.69 Å². The Hall–Kier alpha value is -2.33. The number of benzene rings is 2. The van der Waals surface area contributed by atoms with Crippen molar-refractivity contribution in [3.05, 3.63) is 65.7 Å². The molecule has 0 saturated heterocycles. The molecule has 4 heteroatoms. The Bertz CT molecular complexity index is 711. The number of nitrogens with zero attached hydrogens (tertiary/aromatic N) is 1. The minimum atomic E-state index is 0.0765. The fourth-order valence-corrected chi connectivity index (χ4v) is 3.22. The van der Waals surface area contributed by atoms with Gasteiger partial charge in [0.05, 0.1) is 13.7 Å². The zero-order valence-electron chi connectivity index (χ0n) is 15.0. The summed E-state index contributed by atoms with van der Waals surface area (Å²) in [7, 11) is 3.62. The standard InChI is InChI=1S/C21H26N2O2/c1-23(14-17-7-6-10-19(13-17)25-2)15-20(24)22-16-21(11-12-21)18-8-4-3-5-9-18/h3-10,13H,11-12,14-16H2,1-2H3,(H,22,24). The molecule has 0 radical (unpaired) electrons. The molecule has 0 spiro atoms. The fourth-order valence-electron chi connectivity index (χ4n) is 3.22. The van der Waals surface area contributed by atoms with Crippen molar-refractivity contribution in [3.63, 3.8) is 0 Å². The summed E-state index contributed by atoms with van der Waals surface area (Å²) < 4.78 is 5.24. The lowest BCUT2D eigenvalue weighted by atomic mass is 9.96. The number of likely N-dealkylation sites (N-methyl/N-ethyl adjacent to an activating group) is 1. The van der Waals surface area contributed by atoms with Gasteiger partial charge in [0.25, 0.3) is 0 Å². The lowest BCUT2D eigenvalue weighted by Crippen LogP contribution is -2.38. The summed E-state index contributed by atoms with van der Waals surface area (Å²) in [6, 6.07) is 18.4. The second kappa shape index (κ2) is 7.70. The first kappa shape index (κ1) is 17.5. The molecule has 1 aliphatic rings. The minimum Gasteiger partial charge on any atom is -0.497 e. The number of carbonyl (C=O) groups is 1. The van der Waals surface area contributed by atoms with Gasteiger partial charge < -0.3 is 10.1 Å². The average Bonchev–Trinajstić information content (AvgIpc) is 3.42. The summed E-state index contributed by atoms with van der Waals surface area (Å²) in [6.07, 6.45) is 2.30. The number of ether oxygens (including phenoxy) is 1. The predicted octanol–water partition coefficient (Wildman–Crippen LogP) is 2.98. The molecule has 1 fully saturated rings. The molecule has 3 rings (SSSR count). The Morgan fingerprint density at radius 1 is 1.16 bits per heavy atom. The third kappa shape index (κ3) is 4.60. The largest absolute Gasteiger partial charge is 0.497 e. The van der Waals surface area contributed by atoms with E-state index in [0.29, 0.717) is 13.1 Å². The molecule has 0 atom stereocenters. The molecule has 0 aromatic heterocycles. The van der Waals surface area contributed by atoms with E-state index < -0.39 is 0 Å². The predicted molar refractivity (Wildman–Crippen MR) is 99.7 cm³/mol. The highest BCUT2D eigenvalue weighted by molar-refractivity contribution is 5.78. The first-order valence-corrected chi connectivity index (χ1v) is 8.75. The van der Waals surface area contributed by atoms with Crippen LogP contribution in [0.3, 0.4) is 0 Å². The maximum atomic E-state index is 12.3. The molecule has 0 heterocycles. The fraction of sp³-hybridized carbons (Fsp3) is 0.381. The first-order valence-electron chi connectivity index (χ1n) is 8.75. The Balaban J connectivity index is 1.47. The van der Waals surface area contributed by atoms with E-state index in [1.807, 2.05) is 42.3 Å². The topological polar surface area (TPSA) is 41.6 Å². The number of hydrogen-bond acceptors (Lipinski definition) is 3. The molecule has 4 nitrogen and oxygen atoms in total. The van der Waals surface area contributed by atoms with Crippen molar-refractivity contribution in [1.29, 1.82) is 0 Å². The number of rotatable bonds is 8. The van der Waals surface area contributed by atoms with Crippen LogP contribution in [0.4, 0.5) is 0 Å².